The molecule has 4 rings (SSSR count). The van der Waals surface area contributed by atoms with Crippen LogP contribution in [0.15, 0.2) is 83.9 Å². The molecule has 0 bridgehead atoms. The van der Waals surface area contributed by atoms with Crippen molar-refractivity contribution < 1.29 is 18.7 Å². The highest BCUT2D eigenvalue weighted by Crippen LogP contribution is 2.33. The number of aliphatic imine (C=N–C) groups is 1. The molecule has 33 heavy (non-hydrogen) atoms. The van der Waals surface area contributed by atoms with Crippen molar-refractivity contribution in [1.29, 1.82) is 0 Å². The molecule has 6 nitrogen and oxygen atoms in total. The molecule has 1 N–H and O–H groups in total. The number of thioether (sulfide) groups is 1. The van der Waals surface area contributed by atoms with Crippen LogP contribution < -0.4 is 10.1 Å². The van der Waals surface area contributed by atoms with Crippen molar-refractivity contribution in [2.75, 3.05) is 12.4 Å². The Morgan fingerprint density at radius 1 is 1.06 bits per heavy atom. The second-order valence-corrected chi connectivity index (χ2v) is 8.51. The quantitative estimate of drug-likeness (QED) is 0.536. The zero-order chi connectivity index (χ0) is 23.2. The molecule has 0 aromatic heterocycles. The van der Waals surface area contributed by atoms with E-state index < -0.39 is 17.0 Å². The van der Waals surface area contributed by atoms with E-state index in [1.807, 2.05) is 30.3 Å². The molecule has 3 aromatic rings. The number of nitrogens with zero attached hydrogens (tertiary/aromatic N) is 2. The van der Waals surface area contributed by atoms with Gasteiger partial charge in [0.2, 0.25) is 11.8 Å². The first-order chi connectivity index (χ1) is 16.0. The molecule has 0 spiro atoms. The first kappa shape index (κ1) is 22.5. The largest absolute Gasteiger partial charge is 0.497 e. The fourth-order valence-electron chi connectivity index (χ4n) is 3.34. The van der Waals surface area contributed by atoms with E-state index >= 15 is 0 Å². The van der Waals surface area contributed by atoms with Crippen LogP contribution in [-0.4, -0.2) is 34.2 Å². The van der Waals surface area contributed by atoms with Gasteiger partial charge in [0.05, 0.1) is 25.0 Å². The molecular weight excluding hydrogens is 441 g/mol. The minimum absolute atomic E-state index is 0.0891. The van der Waals surface area contributed by atoms with Gasteiger partial charge in [-0.05, 0) is 42.0 Å². The lowest BCUT2D eigenvalue weighted by Crippen LogP contribution is -2.33. The van der Waals surface area contributed by atoms with Crippen LogP contribution in [0.4, 0.5) is 15.8 Å². The van der Waals surface area contributed by atoms with Gasteiger partial charge in [-0.2, -0.15) is 0 Å². The van der Waals surface area contributed by atoms with Crippen LogP contribution in [0.5, 0.6) is 5.75 Å². The Bertz CT molecular complexity index is 1170. The summed E-state index contributed by atoms with van der Waals surface area (Å²) in [6.07, 6.45) is -0.0925. The van der Waals surface area contributed by atoms with E-state index in [4.69, 9.17) is 4.74 Å². The van der Waals surface area contributed by atoms with Crippen LogP contribution in [0, 0.1) is 5.82 Å². The lowest BCUT2D eigenvalue weighted by molar-refractivity contribution is -0.128. The summed E-state index contributed by atoms with van der Waals surface area (Å²) < 4.78 is 19.1. The number of amidine groups is 1. The first-order valence-electron chi connectivity index (χ1n) is 10.3. The summed E-state index contributed by atoms with van der Waals surface area (Å²) in [6, 6.07) is 22.7. The maximum absolute atomic E-state index is 13.9. The van der Waals surface area contributed by atoms with Crippen LogP contribution >= 0.6 is 11.8 Å². The van der Waals surface area contributed by atoms with Gasteiger partial charge in [-0.25, -0.2) is 9.38 Å². The molecule has 168 valence electrons. The smallest absolute Gasteiger partial charge is 0.242 e. The number of nitrogens with one attached hydrogen (secondary N) is 1. The number of para-hydroxylation sites is 1. The van der Waals surface area contributed by atoms with Gasteiger partial charge in [0.25, 0.3) is 0 Å². The Morgan fingerprint density at radius 2 is 1.76 bits per heavy atom. The molecule has 1 unspecified atom stereocenters. The third-order valence-corrected chi connectivity index (χ3v) is 6.19. The number of benzene rings is 3. The van der Waals surface area contributed by atoms with E-state index in [-0.39, 0.29) is 18.0 Å². The third-order valence-electron chi connectivity index (χ3n) is 5.02. The Kier molecular flexibility index (Phi) is 7.04. The number of anilines is 1. The van der Waals surface area contributed by atoms with Crippen molar-refractivity contribution >= 4 is 40.1 Å². The Labute approximate surface area is 195 Å². The molecule has 0 aliphatic carbocycles. The fourth-order valence-corrected chi connectivity index (χ4v) is 4.49. The third kappa shape index (κ3) is 5.59. The minimum atomic E-state index is -0.655. The average molecular weight is 464 g/mol. The Morgan fingerprint density at radius 3 is 2.45 bits per heavy atom. The predicted molar refractivity (Wildman–Crippen MR) is 128 cm³/mol. The number of halogens is 1. The van der Waals surface area contributed by atoms with Crippen molar-refractivity contribution in [3.8, 4) is 5.75 Å². The minimum Gasteiger partial charge on any atom is -0.497 e. The summed E-state index contributed by atoms with van der Waals surface area (Å²) in [5, 5.41) is 2.40. The highest BCUT2D eigenvalue weighted by molar-refractivity contribution is 8.15. The van der Waals surface area contributed by atoms with Crippen molar-refractivity contribution in [3.63, 3.8) is 0 Å². The van der Waals surface area contributed by atoms with Gasteiger partial charge < -0.3 is 10.1 Å². The van der Waals surface area contributed by atoms with Crippen LogP contribution in [0.1, 0.15) is 12.0 Å². The number of carbonyl (C=O) groups excluding carboxylic acids is 2. The molecule has 0 radical (unpaired) electrons. The van der Waals surface area contributed by atoms with Gasteiger partial charge in [0.15, 0.2) is 5.17 Å². The maximum Gasteiger partial charge on any atom is 0.242 e. The van der Waals surface area contributed by atoms with Gasteiger partial charge in [0, 0.05) is 6.42 Å². The second kappa shape index (κ2) is 10.3. The standard InChI is InChI=1S/C25H22FN3O3S/c1-32-19-13-11-18(12-14-19)27-25-29(16-17-7-3-2-4-8-17)24(31)22(33-25)15-23(30)28-21-10-6-5-9-20(21)26/h2-14,22H,15-16H2,1H3,(H,28,30). The van der Waals surface area contributed by atoms with E-state index in [0.717, 1.165) is 5.56 Å². The average Bonchev–Trinajstić information content (AvgIpc) is 3.10. The molecule has 8 heteroatoms. The van der Waals surface area contributed by atoms with Crippen molar-refractivity contribution in [1.82, 2.24) is 4.90 Å². The van der Waals surface area contributed by atoms with Crippen LogP contribution in [-0.2, 0) is 16.1 Å². The number of rotatable bonds is 7. The predicted octanol–water partition coefficient (Wildman–Crippen LogP) is 4.99. The molecule has 1 heterocycles. The number of amides is 2. The lowest BCUT2D eigenvalue weighted by atomic mass is 10.2. The van der Waals surface area contributed by atoms with Crippen LogP contribution in [0.25, 0.3) is 0 Å². The van der Waals surface area contributed by atoms with E-state index in [2.05, 4.69) is 10.3 Å². The molecule has 1 saturated heterocycles. The molecule has 0 saturated carbocycles. The maximum atomic E-state index is 13.9. The summed E-state index contributed by atoms with van der Waals surface area (Å²) in [5.41, 5.74) is 1.71. The van der Waals surface area contributed by atoms with Gasteiger partial charge in [-0.15, -0.1) is 0 Å². The van der Waals surface area contributed by atoms with Crippen molar-refractivity contribution in [3.05, 3.63) is 90.2 Å². The van der Waals surface area contributed by atoms with Crippen molar-refractivity contribution in [2.45, 2.75) is 18.2 Å². The van der Waals surface area contributed by atoms with E-state index in [0.29, 0.717) is 23.1 Å². The number of methoxy groups -OCH3 is 1. The summed E-state index contributed by atoms with van der Waals surface area (Å²) in [6.45, 7) is 0.340. The number of ether oxygens (including phenoxy) is 1. The highest BCUT2D eigenvalue weighted by Gasteiger charge is 2.39. The topological polar surface area (TPSA) is 71.0 Å². The molecule has 1 atom stereocenters. The highest BCUT2D eigenvalue weighted by atomic mass is 32.2. The van der Waals surface area contributed by atoms with Gasteiger partial charge >= 0.3 is 0 Å². The zero-order valence-corrected chi connectivity index (χ0v) is 18.7. The van der Waals surface area contributed by atoms with Gasteiger partial charge in [-0.3, -0.25) is 14.5 Å². The summed E-state index contributed by atoms with van der Waals surface area (Å²) >= 11 is 1.23. The molecular formula is C25H22FN3O3S. The zero-order valence-electron chi connectivity index (χ0n) is 17.9. The van der Waals surface area contributed by atoms with E-state index in [9.17, 15) is 14.0 Å². The van der Waals surface area contributed by atoms with Crippen molar-refractivity contribution in [2.24, 2.45) is 4.99 Å². The fraction of sp³-hybridized carbons (Fsp3) is 0.160. The first-order valence-corrected chi connectivity index (χ1v) is 11.2. The molecule has 2 amide bonds. The van der Waals surface area contributed by atoms with E-state index in [1.54, 1.807) is 48.4 Å². The normalized spacial score (nSPS) is 16.8. The second-order valence-electron chi connectivity index (χ2n) is 7.34. The Balaban J connectivity index is 1.54. The number of hydrogen-bond donors (Lipinski definition) is 1. The number of carbonyl (C=O) groups is 2. The van der Waals surface area contributed by atoms with Crippen LogP contribution in [0.2, 0.25) is 0 Å². The lowest BCUT2D eigenvalue weighted by Gasteiger charge is -2.16. The van der Waals surface area contributed by atoms with Gasteiger partial charge in [-0.1, -0.05) is 54.2 Å². The number of hydrogen-bond acceptors (Lipinski definition) is 5. The molecule has 1 fully saturated rings. The Hall–Kier alpha value is -3.65. The SMILES string of the molecule is COc1ccc(N=C2SC(CC(=O)Nc3ccccc3F)C(=O)N2Cc2ccccc2)cc1. The molecule has 1 aliphatic heterocycles. The molecule has 3 aromatic carbocycles. The van der Waals surface area contributed by atoms with E-state index in [1.165, 1.54) is 23.9 Å². The molecule has 1 aliphatic rings. The monoisotopic (exact) mass is 463 g/mol. The summed E-state index contributed by atoms with van der Waals surface area (Å²) in [7, 11) is 1.59. The van der Waals surface area contributed by atoms with Gasteiger partial charge in [0.1, 0.15) is 16.8 Å². The summed E-state index contributed by atoms with van der Waals surface area (Å²) in [5.74, 6) is -0.460. The van der Waals surface area contributed by atoms with Crippen LogP contribution in [0.3, 0.4) is 0 Å². The summed E-state index contributed by atoms with van der Waals surface area (Å²) in [4.78, 5) is 32.0.